The molecule has 1 aliphatic rings. The van der Waals surface area contributed by atoms with Crippen LogP contribution in [0.25, 0.3) is 11.1 Å². The minimum Gasteiger partial charge on any atom is -0.291 e. The predicted octanol–water partition coefficient (Wildman–Crippen LogP) is 5.70. The second kappa shape index (κ2) is 8.04. The summed E-state index contributed by atoms with van der Waals surface area (Å²) in [6.45, 7) is 7.52. The Morgan fingerprint density at radius 1 is 1.19 bits per heavy atom. The van der Waals surface area contributed by atoms with Gasteiger partial charge in [0.15, 0.2) is 5.67 Å². The van der Waals surface area contributed by atoms with Crippen LogP contribution in [0, 0.1) is 10.1 Å². The lowest BCUT2D eigenvalue weighted by Crippen LogP contribution is -2.38. The van der Waals surface area contributed by atoms with E-state index in [0.29, 0.717) is 12.0 Å². The number of carbonyl (C=O) groups is 1. The van der Waals surface area contributed by atoms with E-state index >= 15 is 0 Å². The highest BCUT2D eigenvalue weighted by atomic mass is 19.1. The molecule has 0 saturated carbocycles. The van der Waals surface area contributed by atoms with Crippen LogP contribution in [0.3, 0.4) is 0 Å². The van der Waals surface area contributed by atoms with Crippen molar-refractivity contribution in [1.29, 1.82) is 0 Å². The summed E-state index contributed by atoms with van der Waals surface area (Å²) in [7, 11) is 0. The second-order valence-electron chi connectivity index (χ2n) is 5.96. The van der Waals surface area contributed by atoms with E-state index in [4.69, 9.17) is 0 Å². The highest BCUT2D eigenvalue weighted by Gasteiger charge is 2.41. The van der Waals surface area contributed by atoms with Crippen molar-refractivity contribution in [2.45, 2.75) is 38.8 Å². The third-order valence-corrected chi connectivity index (χ3v) is 4.43. The predicted molar refractivity (Wildman–Crippen MR) is 101 cm³/mol. The van der Waals surface area contributed by atoms with Gasteiger partial charge in [-0.15, -0.1) is 6.58 Å². The van der Waals surface area contributed by atoms with Crippen LogP contribution < -0.4 is 0 Å². The van der Waals surface area contributed by atoms with Gasteiger partial charge in [0.25, 0.3) is 5.69 Å². The van der Waals surface area contributed by atoms with E-state index in [9.17, 15) is 19.3 Å². The molecule has 4 nitrogen and oxygen atoms in total. The standard InChI is InChI=1S/C19H16FNO3.C2H6/c1-2-10-19(20)11-9-15-12-14(5-8-17(15)18(19)22)13-3-6-16(7-4-13)21(23)24;1-2/h2-8,12H,1,9-11H2;1-2H3. The number of rotatable bonds is 4. The summed E-state index contributed by atoms with van der Waals surface area (Å²) >= 11 is 0. The number of hydrogen-bond donors (Lipinski definition) is 0. The second-order valence-corrected chi connectivity index (χ2v) is 5.96. The van der Waals surface area contributed by atoms with E-state index in [1.54, 1.807) is 24.3 Å². The summed E-state index contributed by atoms with van der Waals surface area (Å²) in [6.07, 6.45) is 2.09. The SMILES string of the molecule is C=CCC1(F)CCc2cc(-c3ccc([N+](=O)[O-])cc3)ccc2C1=O.CC. The molecule has 1 aliphatic carbocycles. The molecule has 136 valence electrons. The maximum Gasteiger partial charge on any atom is 0.269 e. The Kier molecular flexibility index (Phi) is 6.03. The molecule has 0 aromatic heterocycles. The van der Waals surface area contributed by atoms with Gasteiger partial charge in [0.05, 0.1) is 4.92 Å². The number of benzene rings is 2. The number of ketones is 1. The van der Waals surface area contributed by atoms with Crippen molar-refractivity contribution < 1.29 is 14.1 Å². The molecule has 1 atom stereocenters. The molecule has 0 saturated heterocycles. The summed E-state index contributed by atoms with van der Waals surface area (Å²) in [5.74, 6) is -0.487. The van der Waals surface area contributed by atoms with Crippen LogP contribution in [0.5, 0.6) is 0 Å². The molecule has 0 radical (unpaired) electrons. The normalized spacial score (nSPS) is 18.3. The molecule has 0 N–H and O–H groups in total. The lowest BCUT2D eigenvalue weighted by molar-refractivity contribution is -0.384. The van der Waals surface area contributed by atoms with Gasteiger partial charge in [0.1, 0.15) is 0 Å². The van der Waals surface area contributed by atoms with Crippen molar-refractivity contribution >= 4 is 11.5 Å². The van der Waals surface area contributed by atoms with Crippen LogP contribution in [-0.4, -0.2) is 16.4 Å². The molecule has 26 heavy (non-hydrogen) atoms. The smallest absolute Gasteiger partial charge is 0.269 e. The fraction of sp³-hybridized carbons (Fsp3) is 0.286. The van der Waals surface area contributed by atoms with Gasteiger partial charge >= 0.3 is 0 Å². The highest BCUT2D eigenvalue weighted by Crippen LogP contribution is 2.36. The van der Waals surface area contributed by atoms with E-state index in [1.807, 2.05) is 19.9 Å². The molecule has 2 aromatic rings. The topological polar surface area (TPSA) is 60.2 Å². The number of nitro groups is 1. The van der Waals surface area contributed by atoms with Crippen molar-refractivity contribution in [2.75, 3.05) is 0 Å². The van der Waals surface area contributed by atoms with E-state index in [2.05, 4.69) is 6.58 Å². The number of halogens is 1. The number of nitrogens with zero attached hydrogens (tertiary/aromatic N) is 1. The zero-order valence-electron chi connectivity index (χ0n) is 15.0. The maximum absolute atomic E-state index is 14.7. The average molecular weight is 355 g/mol. The Hall–Kier alpha value is -2.82. The Morgan fingerprint density at radius 3 is 2.38 bits per heavy atom. The molecular weight excluding hydrogens is 333 g/mol. The van der Waals surface area contributed by atoms with Gasteiger partial charge in [-0.05, 0) is 41.7 Å². The first-order valence-electron chi connectivity index (χ1n) is 8.67. The molecule has 3 rings (SSSR count). The summed E-state index contributed by atoms with van der Waals surface area (Å²) in [6, 6.07) is 11.5. The number of alkyl halides is 1. The van der Waals surface area contributed by atoms with Crippen LogP contribution >= 0.6 is 0 Å². The lowest BCUT2D eigenvalue weighted by Gasteiger charge is -2.29. The molecule has 0 heterocycles. The number of carbonyl (C=O) groups excluding carboxylic acids is 1. The summed E-state index contributed by atoms with van der Waals surface area (Å²) in [5.41, 5.74) is 1.07. The van der Waals surface area contributed by atoms with Crippen LogP contribution in [0.4, 0.5) is 10.1 Å². The van der Waals surface area contributed by atoms with E-state index in [0.717, 1.165) is 16.7 Å². The Labute approximate surface area is 152 Å². The zero-order chi connectivity index (χ0) is 19.3. The van der Waals surface area contributed by atoms with Crippen LogP contribution in [0.1, 0.15) is 42.6 Å². The number of allylic oxidation sites excluding steroid dienone is 1. The summed E-state index contributed by atoms with van der Waals surface area (Å²) in [5, 5.41) is 10.7. The molecule has 1 unspecified atom stereocenters. The molecule has 5 heteroatoms. The van der Waals surface area contributed by atoms with Gasteiger partial charge in [-0.3, -0.25) is 14.9 Å². The van der Waals surface area contributed by atoms with Gasteiger partial charge < -0.3 is 0 Å². The van der Waals surface area contributed by atoms with Crippen molar-refractivity contribution in [3.05, 3.63) is 76.4 Å². The monoisotopic (exact) mass is 355 g/mol. The number of nitro benzene ring substituents is 1. The molecule has 0 bridgehead atoms. The lowest BCUT2D eigenvalue weighted by atomic mass is 9.78. The summed E-state index contributed by atoms with van der Waals surface area (Å²) in [4.78, 5) is 22.7. The number of non-ortho nitro benzene ring substituents is 1. The van der Waals surface area contributed by atoms with Gasteiger partial charge in [0.2, 0.25) is 5.78 Å². The van der Waals surface area contributed by atoms with Gasteiger partial charge in [-0.1, -0.05) is 38.1 Å². The average Bonchev–Trinajstić information content (AvgIpc) is 2.67. The maximum atomic E-state index is 14.7. The molecule has 2 aromatic carbocycles. The number of aryl methyl sites for hydroxylation is 1. The highest BCUT2D eigenvalue weighted by molar-refractivity contribution is 6.05. The molecular formula is C21H22FNO3. The van der Waals surface area contributed by atoms with E-state index in [1.165, 1.54) is 18.2 Å². The molecule has 0 fully saturated rings. The first-order valence-corrected chi connectivity index (χ1v) is 8.67. The van der Waals surface area contributed by atoms with Crippen LogP contribution in [0.2, 0.25) is 0 Å². The minimum atomic E-state index is -1.86. The van der Waals surface area contributed by atoms with Gasteiger partial charge in [0, 0.05) is 24.1 Å². The van der Waals surface area contributed by atoms with Gasteiger partial charge in [-0.25, -0.2) is 4.39 Å². The fourth-order valence-corrected chi connectivity index (χ4v) is 3.09. The van der Waals surface area contributed by atoms with Crippen molar-refractivity contribution in [2.24, 2.45) is 0 Å². The van der Waals surface area contributed by atoms with Gasteiger partial charge in [-0.2, -0.15) is 0 Å². The molecule has 0 spiro atoms. The first-order chi connectivity index (χ1) is 12.4. The first kappa shape index (κ1) is 19.5. The van der Waals surface area contributed by atoms with Crippen LogP contribution in [0.15, 0.2) is 55.1 Å². The van der Waals surface area contributed by atoms with E-state index < -0.39 is 16.4 Å². The fourth-order valence-electron chi connectivity index (χ4n) is 3.09. The molecule has 0 aliphatic heterocycles. The molecule has 0 amide bonds. The Morgan fingerprint density at radius 2 is 1.81 bits per heavy atom. The summed E-state index contributed by atoms with van der Waals surface area (Å²) < 4.78 is 14.7. The number of fused-ring (bicyclic) bond motifs is 1. The quantitative estimate of drug-likeness (QED) is 0.401. The van der Waals surface area contributed by atoms with Crippen molar-refractivity contribution in [3.8, 4) is 11.1 Å². The third kappa shape index (κ3) is 3.72. The largest absolute Gasteiger partial charge is 0.291 e. The number of Topliss-reactive ketones (excluding diaryl/α,β-unsaturated/α-hetero) is 1. The third-order valence-electron chi connectivity index (χ3n) is 4.43. The number of hydrogen-bond acceptors (Lipinski definition) is 3. The minimum absolute atomic E-state index is 0.0232. The van der Waals surface area contributed by atoms with Crippen LogP contribution in [-0.2, 0) is 6.42 Å². The van der Waals surface area contributed by atoms with E-state index in [-0.39, 0.29) is 18.5 Å². The van der Waals surface area contributed by atoms with Crippen molar-refractivity contribution in [3.63, 3.8) is 0 Å². The zero-order valence-corrected chi connectivity index (χ0v) is 15.0. The Bertz CT molecular complexity index is 830. The Balaban J connectivity index is 0.00000117. The van der Waals surface area contributed by atoms with Crippen molar-refractivity contribution in [1.82, 2.24) is 0 Å².